The molecule has 94 valence electrons. The summed E-state index contributed by atoms with van der Waals surface area (Å²) >= 11 is 8.13. The van der Waals surface area contributed by atoms with Crippen LogP contribution in [0.1, 0.15) is 22.9 Å². The third-order valence-corrected chi connectivity index (χ3v) is 5.28. The van der Waals surface area contributed by atoms with Gasteiger partial charge in [-0.3, -0.25) is 4.68 Å². The van der Waals surface area contributed by atoms with Crippen LogP contribution in [0.2, 0.25) is 5.02 Å². The van der Waals surface area contributed by atoms with E-state index in [4.69, 9.17) is 11.6 Å². The van der Waals surface area contributed by atoms with Crippen LogP contribution >= 0.6 is 23.4 Å². The normalized spacial score (nSPS) is 18.1. The molecule has 0 bridgehead atoms. The van der Waals surface area contributed by atoms with Crippen LogP contribution in [-0.4, -0.2) is 15.5 Å². The van der Waals surface area contributed by atoms with Gasteiger partial charge in [0.25, 0.3) is 0 Å². The van der Waals surface area contributed by atoms with Gasteiger partial charge in [-0.2, -0.15) is 5.10 Å². The molecule has 0 radical (unpaired) electrons. The van der Waals surface area contributed by atoms with Gasteiger partial charge in [0.05, 0.1) is 16.4 Å². The van der Waals surface area contributed by atoms with Crippen LogP contribution in [0.3, 0.4) is 0 Å². The van der Waals surface area contributed by atoms with Gasteiger partial charge in [-0.05, 0) is 25.5 Å². The van der Waals surface area contributed by atoms with E-state index in [0.29, 0.717) is 5.92 Å². The minimum absolute atomic E-state index is 0.542. The van der Waals surface area contributed by atoms with Crippen LogP contribution in [0.5, 0.6) is 0 Å². The first-order valence-electron chi connectivity index (χ1n) is 6.08. The molecule has 0 spiro atoms. The van der Waals surface area contributed by atoms with Crippen molar-refractivity contribution in [1.82, 2.24) is 9.78 Å². The highest BCUT2D eigenvalue weighted by Crippen LogP contribution is 2.40. The van der Waals surface area contributed by atoms with Crippen molar-refractivity contribution in [2.24, 2.45) is 0 Å². The first-order chi connectivity index (χ1) is 8.66. The molecule has 18 heavy (non-hydrogen) atoms. The van der Waals surface area contributed by atoms with Crippen molar-refractivity contribution in [3.8, 4) is 0 Å². The highest BCUT2D eigenvalue weighted by Gasteiger charge is 2.24. The fourth-order valence-electron chi connectivity index (χ4n) is 2.44. The summed E-state index contributed by atoms with van der Waals surface area (Å²) in [4.78, 5) is 1.41. The molecule has 4 heteroatoms. The van der Waals surface area contributed by atoms with Crippen LogP contribution in [0, 0.1) is 13.8 Å². The van der Waals surface area contributed by atoms with Crippen LogP contribution in [0.15, 0.2) is 29.2 Å². The molecule has 1 aromatic heterocycles. The Morgan fingerprint density at radius 1 is 1.39 bits per heavy atom. The number of rotatable bonds is 2. The van der Waals surface area contributed by atoms with Gasteiger partial charge in [-0.1, -0.05) is 29.8 Å². The molecule has 3 rings (SSSR count). The van der Waals surface area contributed by atoms with Crippen molar-refractivity contribution in [2.75, 3.05) is 5.75 Å². The molecule has 0 N–H and O–H groups in total. The highest BCUT2D eigenvalue weighted by atomic mass is 35.5. The average molecular weight is 279 g/mol. The van der Waals surface area contributed by atoms with E-state index in [0.717, 1.165) is 28.7 Å². The molecule has 1 unspecified atom stereocenters. The van der Waals surface area contributed by atoms with E-state index in [-0.39, 0.29) is 0 Å². The predicted octanol–water partition coefficient (Wildman–Crippen LogP) is 4.04. The summed E-state index contributed by atoms with van der Waals surface area (Å²) in [5.41, 5.74) is 3.45. The third kappa shape index (κ3) is 1.95. The topological polar surface area (TPSA) is 17.8 Å². The molecule has 0 saturated heterocycles. The van der Waals surface area contributed by atoms with Gasteiger partial charge in [-0.15, -0.1) is 11.8 Å². The number of halogens is 1. The van der Waals surface area contributed by atoms with Crippen LogP contribution in [0.4, 0.5) is 0 Å². The Morgan fingerprint density at radius 2 is 2.17 bits per heavy atom. The lowest BCUT2D eigenvalue weighted by Crippen LogP contribution is -2.11. The van der Waals surface area contributed by atoms with Crippen LogP contribution < -0.4 is 0 Å². The Hall–Kier alpha value is -0.930. The number of benzene rings is 1. The first kappa shape index (κ1) is 12.1. The molecule has 2 heterocycles. The first-order valence-corrected chi connectivity index (χ1v) is 7.44. The van der Waals surface area contributed by atoms with Crippen LogP contribution in [0.25, 0.3) is 0 Å². The third-order valence-electron chi connectivity index (χ3n) is 3.49. The van der Waals surface area contributed by atoms with Crippen molar-refractivity contribution >= 4 is 23.4 Å². The molecule has 1 aliphatic heterocycles. The number of hydrogen-bond acceptors (Lipinski definition) is 2. The molecule has 1 atom stereocenters. The maximum atomic E-state index is 6.20. The smallest absolute Gasteiger partial charge is 0.0844 e. The largest absolute Gasteiger partial charge is 0.267 e. The SMILES string of the molecule is Cc1nn(CC2CSc3ccccc32)c(C)c1Cl. The van der Waals surface area contributed by atoms with Crippen molar-refractivity contribution in [1.29, 1.82) is 0 Å². The summed E-state index contributed by atoms with van der Waals surface area (Å²) in [6.45, 7) is 4.92. The van der Waals surface area contributed by atoms with Gasteiger partial charge < -0.3 is 0 Å². The van der Waals surface area contributed by atoms with Gasteiger partial charge in [0.1, 0.15) is 0 Å². The summed E-state index contributed by atoms with van der Waals surface area (Å²) < 4.78 is 2.05. The Morgan fingerprint density at radius 3 is 2.89 bits per heavy atom. The molecule has 2 aromatic rings. The number of fused-ring (bicyclic) bond motifs is 1. The zero-order valence-electron chi connectivity index (χ0n) is 10.5. The van der Waals surface area contributed by atoms with E-state index in [1.165, 1.54) is 10.5 Å². The summed E-state index contributed by atoms with van der Waals surface area (Å²) in [7, 11) is 0. The number of aryl methyl sites for hydroxylation is 1. The molecule has 1 aromatic carbocycles. The van der Waals surface area contributed by atoms with Crippen LogP contribution in [-0.2, 0) is 6.54 Å². The van der Waals surface area contributed by atoms with E-state index in [2.05, 4.69) is 29.4 Å². The maximum Gasteiger partial charge on any atom is 0.0844 e. The number of nitrogens with zero attached hydrogens (tertiary/aromatic N) is 2. The Kier molecular flexibility index (Phi) is 3.12. The zero-order chi connectivity index (χ0) is 12.7. The number of hydrogen-bond donors (Lipinski definition) is 0. The van der Waals surface area contributed by atoms with Crippen molar-refractivity contribution in [2.45, 2.75) is 31.2 Å². The van der Waals surface area contributed by atoms with Crippen molar-refractivity contribution in [3.63, 3.8) is 0 Å². The fourth-order valence-corrected chi connectivity index (χ4v) is 3.82. The number of thioether (sulfide) groups is 1. The standard InChI is InChI=1S/C14H15ClN2S/c1-9-14(15)10(2)17(16-9)7-11-8-18-13-6-4-3-5-12(11)13/h3-6,11H,7-8H2,1-2H3. The van der Waals surface area contributed by atoms with E-state index in [9.17, 15) is 0 Å². The maximum absolute atomic E-state index is 6.20. The van der Waals surface area contributed by atoms with E-state index in [1.54, 1.807) is 0 Å². The molecular weight excluding hydrogens is 264 g/mol. The molecular formula is C14H15ClN2S. The van der Waals surface area contributed by atoms with Gasteiger partial charge in [0.2, 0.25) is 0 Å². The molecule has 0 fully saturated rings. The summed E-state index contributed by atoms with van der Waals surface area (Å²) in [5, 5.41) is 5.32. The summed E-state index contributed by atoms with van der Waals surface area (Å²) in [6, 6.07) is 8.65. The lowest BCUT2D eigenvalue weighted by Gasteiger charge is -2.12. The minimum atomic E-state index is 0.542. The lowest BCUT2D eigenvalue weighted by atomic mass is 10.0. The molecule has 0 saturated carbocycles. The van der Waals surface area contributed by atoms with E-state index >= 15 is 0 Å². The molecule has 2 nitrogen and oxygen atoms in total. The Labute approximate surface area is 116 Å². The van der Waals surface area contributed by atoms with E-state index < -0.39 is 0 Å². The second kappa shape index (κ2) is 4.63. The van der Waals surface area contributed by atoms with Crippen molar-refractivity contribution in [3.05, 3.63) is 46.2 Å². The Balaban J connectivity index is 1.88. The second-order valence-corrected chi connectivity index (χ2v) is 6.15. The van der Waals surface area contributed by atoms with Crippen molar-refractivity contribution < 1.29 is 0 Å². The van der Waals surface area contributed by atoms with Gasteiger partial charge in [0, 0.05) is 23.1 Å². The van der Waals surface area contributed by atoms with E-state index in [1.807, 2.05) is 30.3 Å². The minimum Gasteiger partial charge on any atom is -0.267 e. The average Bonchev–Trinajstić information content (AvgIpc) is 2.89. The second-order valence-electron chi connectivity index (χ2n) is 4.71. The fraction of sp³-hybridized carbons (Fsp3) is 0.357. The number of aromatic nitrogens is 2. The predicted molar refractivity (Wildman–Crippen MR) is 76.6 cm³/mol. The highest BCUT2D eigenvalue weighted by molar-refractivity contribution is 7.99. The Bertz CT molecular complexity index is 591. The lowest BCUT2D eigenvalue weighted by molar-refractivity contribution is 0.535. The molecule has 0 amide bonds. The van der Waals surface area contributed by atoms with Gasteiger partial charge >= 0.3 is 0 Å². The summed E-state index contributed by atoms with van der Waals surface area (Å²) in [5.74, 6) is 1.68. The molecule has 0 aliphatic carbocycles. The molecule has 1 aliphatic rings. The van der Waals surface area contributed by atoms with Gasteiger partial charge in [-0.25, -0.2) is 0 Å². The van der Waals surface area contributed by atoms with Gasteiger partial charge in [0.15, 0.2) is 0 Å². The quantitative estimate of drug-likeness (QED) is 0.825. The zero-order valence-corrected chi connectivity index (χ0v) is 12.1. The monoisotopic (exact) mass is 278 g/mol. The summed E-state index contributed by atoms with van der Waals surface area (Å²) in [6.07, 6.45) is 0.